The molecule has 0 radical (unpaired) electrons. The number of benzene rings is 1. The molecule has 1 amide bonds. The number of carbonyl (C=O) groups is 1. The molecule has 1 aromatic rings. The summed E-state index contributed by atoms with van der Waals surface area (Å²) in [7, 11) is 0. The topological polar surface area (TPSA) is 47.3 Å². The van der Waals surface area contributed by atoms with Gasteiger partial charge < -0.3 is 4.90 Å². The molecule has 0 aliphatic carbocycles. The summed E-state index contributed by atoms with van der Waals surface area (Å²) < 4.78 is 13.0. The fraction of sp³-hybridized carbons (Fsp3) is 0.500. The zero-order chi connectivity index (χ0) is 16.3. The first-order chi connectivity index (χ1) is 10.3. The largest absolute Gasteiger partial charge is 0.339 e. The third-order valence-electron chi connectivity index (χ3n) is 3.88. The van der Waals surface area contributed by atoms with E-state index in [1.807, 2.05) is 6.07 Å². The number of amides is 1. The smallest absolute Gasteiger partial charge is 0.242 e. The Bertz CT molecular complexity index is 604. The summed E-state index contributed by atoms with van der Waals surface area (Å²) in [6.45, 7) is 6.50. The first-order valence-corrected chi connectivity index (χ1v) is 7.58. The van der Waals surface area contributed by atoms with Crippen molar-refractivity contribution in [1.29, 1.82) is 5.26 Å². The number of carbonyl (C=O) groups excluding carboxylic acids is 1. The third kappa shape index (κ3) is 3.76. The molecule has 0 atom stereocenters. The highest BCUT2D eigenvalue weighted by atomic mass is 35.5. The van der Waals surface area contributed by atoms with E-state index in [9.17, 15) is 9.18 Å². The molecule has 0 spiro atoms. The predicted molar refractivity (Wildman–Crippen MR) is 82.7 cm³/mol. The van der Waals surface area contributed by atoms with E-state index < -0.39 is 5.41 Å². The lowest BCUT2D eigenvalue weighted by Crippen LogP contribution is -2.51. The van der Waals surface area contributed by atoms with Crippen LogP contribution in [0.25, 0.3) is 0 Å². The van der Waals surface area contributed by atoms with Crippen molar-refractivity contribution in [3.8, 4) is 6.07 Å². The summed E-state index contributed by atoms with van der Waals surface area (Å²) in [6.07, 6.45) is 0. The average molecular weight is 324 g/mol. The van der Waals surface area contributed by atoms with E-state index in [1.54, 1.807) is 24.8 Å². The fourth-order valence-electron chi connectivity index (χ4n) is 2.44. The number of hydrogen-bond donors (Lipinski definition) is 0. The Balaban J connectivity index is 1.93. The molecule has 0 bridgehead atoms. The summed E-state index contributed by atoms with van der Waals surface area (Å²) in [4.78, 5) is 16.1. The van der Waals surface area contributed by atoms with E-state index in [1.165, 1.54) is 12.1 Å². The SMILES string of the molecule is CC(C)(C#N)C(=O)N1CCN(Cc2ccc(F)cc2Cl)CC1. The summed E-state index contributed by atoms with van der Waals surface area (Å²) in [5, 5.41) is 9.46. The van der Waals surface area contributed by atoms with Gasteiger partial charge >= 0.3 is 0 Å². The molecule has 6 heteroatoms. The number of rotatable bonds is 3. The second kappa shape index (κ2) is 6.64. The highest BCUT2D eigenvalue weighted by Crippen LogP contribution is 2.22. The summed E-state index contributed by atoms with van der Waals surface area (Å²) in [6, 6.07) is 6.44. The van der Waals surface area contributed by atoms with E-state index in [0.29, 0.717) is 37.7 Å². The standard InChI is InChI=1S/C16H19ClFN3O/c1-16(2,11-19)15(22)21-7-5-20(6-8-21)10-12-3-4-13(18)9-14(12)17/h3-4,9H,5-8,10H2,1-2H3. The number of hydrogen-bond acceptors (Lipinski definition) is 3. The van der Waals surface area contributed by atoms with Crippen LogP contribution >= 0.6 is 11.6 Å². The minimum absolute atomic E-state index is 0.130. The van der Waals surface area contributed by atoms with Crippen LogP contribution in [0.2, 0.25) is 5.02 Å². The zero-order valence-electron chi connectivity index (χ0n) is 12.8. The normalized spacial score (nSPS) is 16.4. The number of halogens is 2. The molecule has 1 fully saturated rings. The van der Waals surface area contributed by atoms with E-state index >= 15 is 0 Å². The molecule has 1 heterocycles. The van der Waals surface area contributed by atoms with Gasteiger partial charge in [-0.3, -0.25) is 9.69 Å². The predicted octanol–water partition coefficient (Wildman–Crippen LogP) is 2.67. The van der Waals surface area contributed by atoms with Crippen LogP contribution in [0.1, 0.15) is 19.4 Å². The van der Waals surface area contributed by atoms with E-state index in [0.717, 1.165) is 5.56 Å². The first kappa shape index (κ1) is 16.7. The lowest BCUT2D eigenvalue weighted by atomic mass is 9.93. The van der Waals surface area contributed by atoms with Crippen LogP contribution in [0.5, 0.6) is 0 Å². The monoisotopic (exact) mass is 323 g/mol. The van der Waals surface area contributed by atoms with Gasteiger partial charge in [-0.25, -0.2) is 4.39 Å². The van der Waals surface area contributed by atoms with Crippen LogP contribution in [-0.4, -0.2) is 41.9 Å². The van der Waals surface area contributed by atoms with Gasteiger partial charge in [0.05, 0.1) is 6.07 Å². The second-order valence-electron chi connectivity index (χ2n) is 6.04. The third-order valence-corrected chi connectivity index (χ3v) is 4.23. The van der Waals surface area contributed by atoms with Crippen LogP contribution < -0.4 is 0 Å². The lowest BCUT2D eigenvalue weighted by molar-refractivity contribution is -0.139. The van der Waals surface area contributed by atoms with E-state index in [-0.39, 0.29) is 11.7 Å². The Morgan fingerprint density at radius 3 is 2.55 bits per heavy atom. The highest BCUT2D eigenvalue weighted by Gasteiger charge is 2.33. The molecule has 1 aromatic carbocycles. The maximum atomic E-state index is 13.0. The molecule has 0 N–H and O–H groups in total. The van der Waals surface area contributed by atoms with Crippen molar-refractivity contribution < 1.29 is 9.18 Å². The number of nitriles is 1. The molecule has 1 saturated heterocycles. The summed E-state index contributed by atoms with van der Waals surface area (Å²) >= 11 is 6.04. The van der Waals surface area contributed by atoms with Crippen LogP contribution in [0.15, 0.2) is 18.2 Å². The Kier molecular flexibility index (Phi) is 5.05. The molecule has 1 aliphatic rings. The number of piperazine rings is 1. The minimum atomic E-state index is -0.984. The van der Waals surface area contributed by atoms with Gasteiger partial charge in [0.15, 0.2) is 0 Å². The molecular formula is C16H19ClFN3O. The van der Waals surface area contributed by atoms with Gasteiger partial charge in [0.25, 0.3) is 0 Å². The number of nitrogens with zero attached hydrogens (tertiary/aromatic N) is 3. The van der Waals surface area contributed by atoms with E-state index in [4.69, 9.17) is 16.9 Å². The fourth-order valence-corrected chi connectivity index (χ4v) is 2.67. The van der Waals surface area contributed by atoms with E-state index in [2.05, 4.69) is 4.90 Å². The lowest BCUT2D eigenvalue weighted by Gasteiger charge is -2.37. The second-order valence-corrected chi connectivity index (χ2v) is 6.45. The van der Waals surface area contributed by atoms with Gasteiger partial charge in [0, 0.05) is 37.7 Å². The van der Waals surface area contributed by atoms with Crippen LogP contribution in [0, 0.1) is 22.6 Å². The molecule has 0 unspecified atom stereocenters. The van der Waals surface area contributed by atoms with Crippen molar-refractivity contribution in [2.45, 2.75) is 20.4 Å². The molecule has 118 valence electrons. The maximum Gasteiger partial charge on any atom is 0.242 e. The Hall–Kier alpha value is -1.64. The average Bonchev–Trinajstić information content (AvgIpc) is 2.50. The van der Waals surface area contributed by atoms with Crippen molar-refractivity contribution >= 4 is 17.5 Å². The Morgan fingerprint density at radius 2 is 2.00 bits per heavy atom. The molecule has 0 aromatic heterocycles. The first-order valence-electron chi connectivity index (χ1n) is 7.20. The molecule has 0 saturated carbocycles. The summed E-state index contributed by atoms with van der Waals surface area (Å²) in [5.41, 5.74) is -0.109. The Labute approximate surface area is 135 Å². The van der Waals surface area contributed by atoms with Gasteiger partial charge in [-0.1, -0.05) is 17.7 Å². The molecular weight excluding hydrogens is 305 g/mol. The Morgan fingerprint density at radius 1 is 1.36 bits per heavy atom. The van der Waals surface area contributed by atoms with Crippen LogP contribution in [-0.2, 0) is 11.3 Å². The summed E-state index contributed by atoms with van der Waals surface area (Å²) in [5.74, 6) is -0.475. The molecule has 4 nitrogen and oxygen atoms in total. The van der Waals surface area contributed by atoms with Crippen LogP contribution in [0.4, 0.5) is 4.39 Å². The van der Waals surface area contributed by atoms with Crippen molar-refractivity contribution in [3.05, 3.63) is 34.6 Å². The van der Waals surface area contributed by atoms with Crippen molar-refractivity contribution in [2.75, 3.05) is 26.2 Å². The molecule has 22 heavy (non-hydrogen) atoms. The van der Waals surface area contributed by atoms with Crippen LogP contribution in [0.3, 0.4) is 0 Å². The van der Waals surface area contributed by atoms with Gasteiger partial charge in [0.1, 0.15) is 11.2 Å². The maximum absolute atomic E-state index is 13.0. The van der Waals surface area contributed by atoms with Gasteiger partial charge in [-0.15, -0.1) is 0 Å². The van der Waals surface area contributed by atoms with Crippen molar-refractivity contribution in [3.63, 3.8) is 0 Å². The molecule has 1 aliphatic heterocycles. The van der Waals surface area contributed by atoms with Gasteiger partial charge in [-0.05, 0) is 31.5 Å². The van der Waals surface area contributed by atoms with Crippen molar-refractivity contribution in [1.82, 2.24) is 9.80 Å². The highest BCUT2D eigenvalue weighted by molar-refractivity contribution is 6.31. The minimum Gasteiger partial charge on any atom is -0.339 e. The van der Waals surface area contributed by atoms with Gasteiger partial charge in [-0.2, -0.15) is 5.26 Å². The molecule has 2 rings (SSSR count). The van der Waals surface area contributed by atoms with Gasteiger partial charge in [0.2, 0.25) is 5.91 Å². The van der Waals surface area contributed by atoms with Crippen molar-refractivity contribution in [2.24, 2.45) is 5.41 Å². The zero-order valence-corrected chi connectivity index (χ0v) is 13.5. The quantitative estimate of drug-likeness (QED) is 0.859.